The molecule has 0 aliphatic carbocycles. The lowest BCUT2D eigenvalue weighted by Gasteiger charge is -2.14. The molecule has 2 unspecified atom stereocenters. The fourth-order valence-corrected chi connectivity index (χ4v) is 1.52. The van der Waals surface area contributed by atoms with E-state index in [1.807, 2.05) is 6.92 Å². The van der Waals surface area contributed by atoms with Gasteiger partial charge in [0.1, 0.15) is 0 Å². The molecule has 0 radical (unpaired) electrons. The van der Waals surface area contributed by atoms with Gasteiger partial charge in [0, 0.05) is 6.04 Å². The first kappa shape index (κ1) is 12.2. The van der Waals surface area contributed by atoms with Crippen LogP contribution in [0.5, 0.6) is 0 Å². The van der Waals surface area contributed by atoms with Crippen LogP contribution in [0.4, 0.5) is 0 Å². The molecule has 0 aromatic heterocycles. The van der Waals surface area contributed by atoms with Crippen LogP contribution in [0.3, 0.4) is 0 Å². The maximum absolute atomic E-state index is 9.56. The van der Waals surface area contributed by atoms with Crippen molar-refractivity contribution < 1.29 is 5.11 Å². The van der Waals surface area contributed by atoms with E-state index < -0.39 is 6.10 Å². The first-order valence-corrected chi connectivity index (χ1v) is 5.65. The van der Waals surface area contributed by atoms with E-state index >= 15 is 0 Å². The van der Waals surface area contributed by atoms with Gasteiger partial charge in [0.05, 0.1) is 6.10 Å². The molecular formula is C13H21NO. The molecule has 0 saturated carbocycles. The Hall–Kier alpha value is -0.860. The Morgan fingerprint density at radius 1 is 1.20 bits per heavy atom. The Morgan fingerprint density at radius 2 is 1.73 bits per heavy atom. The van der Waals surface area contributed by atoms with E-state index in [9.17, 15) is 5.11 Å². The highest BCUT2D eigenvalue weighted by atomic mass is 16.3. The first-order chi connectivity index (χ1) is 7.13. The summed E-state index contributed by atoms with van der Waals surface area (Å²) < 4.78 is 0. The minimum atomic E-state index is -0.393. The highest BCUT2D eigenvalue weighted by Gasteiger charge is 2.08. The predicted octanol–water partition coefficient (Wildman–Crippen LogP) is 1.89. The molecular weight excluding hydrogens is 186 g/mol. The summed E-state index contributed by atoms with van der Waals surface area (Å²) in [5.41, 5.74) is 8.22. The molecule has 0 aliphatic rings. The van der Waals surface area contributed by atoms with E-state index in [-0.39, 0.29) is 6.04 Å². The second-order valence-electron chi connectivity index (χ2n) is 4.14. The van der Waals surface area contributed by atoms with Crippen LogP contribution >= 0.6 is 0 Å². The molecule has 1 aromatic rings. The molecule has 2 atom stereocenters. The Balaban J connectivity index is 2.44. The second-order valence-corrected chi connectivity index (χ2v) is 4.14. The summed E-state index contributed by atoms with van der Waals surface area (Å²) in [5.74, 6) is 0. The minimum absolute atomic E-state index is 0.139. The zero-order valence-corrected chi connectivity index (χ0v) is 9.61. The fourth-order valence-electron chi connectivity index (χ4n) is 1.52. The molecule has 0 spiro atoms. The second kappa shape index (κ2) is 5.89. The molecule has 2 heteroatoms. The van der Waals surface area contributed by atoms with Gasteiger partial charge in [-0.3, -0.25) is 0 Å². The Kier molecular flexibility index (Phi) is 4.79. The lowest BCUT2D eigenvalue weighted by atomic mass is 10.0. The van der Waals surface area contributed by atoms with Crippen molar-refractivity contribution in [3.05, 3.63) is 35.4 Å². The molecule has 0 aliphatic heterocycles. The van der Waals surface area contributed by atoms with Crippen molar-refractivity contribution in [3.8, 4) is 0 Å². The smallest absolute Gasteiger partial charge is 0.0691 e. The van der Waals surface area contributed by atoms with Crippen molar-refractivity contribution in [2.24, 2.45) is 5.73 Å². The Bertz CT molecular complexity index is 279. The number of hydrogen-bond donors (Lipinski definition) is 2. The lowest BCUT2D eigenvalue weighted by molar-refractivity contribution is 0.141. The number of rotatable bonds is 5. The van der Waals surface area contributed by atoms with E-state index in [1.54, 1.807) is 0 Å². The van der Waals surface area contributed by atoms with E-state index in [0.29, 0.717) is 0 Å². The van der Waals surface area contributed by atoms with Gasteiger partial charge in [-0.2, -0.15) is 0 Å². The van der Waals surface area contributed by atoms with E-state index in [4.69, 9.17) is 5.73 Å². The molecule has 3 N–H and O–H groups in total. The summed E-state index contributed by atoms with van der Waals surface area (Å²) >= 11 is 0. The third-order valence-electron chi connectivity index (χ3n) is 2.77. The van der Waals surface area contributed by atoms with Crippen molar-refractivity contribution in [1.82, 2.24) is 0 Å². The summed E-state index contributed by atoms with van der Waals surface area (Å²) in [7, 11) is 0. The van der Waals surface area contributed by atoms with Gasteiger partial charge >= 0.3 is 0 Å². The van der Waals surface area contributed by atoms with Crippen LogP contribution in [0.2, 0.25) is 0 Å². The number of aliphatic hydroxyl groups excluding tert-OH is 1. The van der Waals surface area contributed by atoms with Crippen LogP contribution in [0.15, 0.2) is 24.3 Å². The van der Waals surface area contributed by atoms with Crippen molar-refractivity contribution in [2.45, 2.75) is 45.3 Å². The molecule has 0 bridgehead atoms. The van der Waals surface area contributed by atoms with Crippen LogP contribution in [-0.4, -0.2) is 17.3 Å². The number of benzene rings is 1. The molecule has 84 valence electrons. The average Bonchev–Trinajstić information content (AvgIpc) is 2.26. The average molecular weight is 207 g/mol. The molecule has 0 saturated heterocycles. The quantitative estimate of drug-likeness (QED) is 0.774. The van der Waals surface area contributed by atoms with Gasteiger partial charge in [-0.1, -0.05) is 31.2 Å². The first-order valence-electron chi connectivity index (χ1n) is 5.65. The van der Waals surface area contributed by atoms with Crippen LogP contribution < -0.4 is 5.73 Å². The van der Waals surface area contributed by atoms with Crippen molar-refractivity contribution in [2.75, 3.05) is 0 Å². The predicted molar refractivity (Wildman–Crippen MR) is 63.8 cm³/mol. The van der Waals surface area contributed by atoms with Crippen LogP contribution in [0, 0.1) is 0 Å². The molecule has 2 nitrogen and oxygen atoms in total. The summed E-state index contributed by atoms with van der Waals surface area (Å²) in [5, 5.41) is 9.56. The van der Waals surface area contributed by atoms with Crippen LogP contribution in [0.25, 0.3) is 0 Å². The van der Waals surface area contributed by atoms with Crippen molar-refractivity contribution in [1.29, 1.82) is 0 Å². The maximum Gasteiger partial charge on any atom is 0.0691 e. The Morgan fingerprint density at radius 3 is 2.20 bits per heavy atom. The maximum atomic E-state index is 9.56. The van der Waals surface area contributed by atoms with Crippen molar-refractivity contribution >= 4 is 0 Å². The molecule has 1 aromatic carbocycles. The zero-order chi connectivity index (χ0) is 11.3. The van der Waals surface area contributed by atoms with Gasteiger partial charge in [-0.15, -0.1) is 0 Å². The SMILES string of the molecule is CCc1ccc(CCC(O)C(C)N)cc1. The number of nitrogens with two attached hydrogens (primary N) is 1. The highest BCUT2D eigenvalue weighted by Crippen LogP contribution is 2.09. The fraction of sp³-hybridized carbons (Fsp3) is 0.538. The van der Waals surface area contributed by atoms with E-state index in [2.05, 4.69) is 31.2 Å². The molecule has 0 heterocycles. The summed E-state index contributed by atoms with van der Waals surface area (Å²) in [6, 6.07) is 8.42. The van der Waals surface area contributed by atoms with Crippen LogP contribution in [-0.2, 0) is 12.8 Å². The molecule has 15 heavy (non-hydrogen) atoms. The normalized spacial score (nSPS) is 14.9. The van der Waals surface area contributed by atoms with Crippen molar-refractivity contribution in [3.63, 3.8) is 0 Å². The minimum Gasteiger partial charge on any atom is -0.392 e. The zero-order valence-electron chi connectivity index (χ0n) is 9.61. The largest absolute Gasteiger partial charge is 0.392 e. The number of hydrogen-bond acceptors (Lipinski definition) is 2. The summed E-state index contributed by atoms with van der Waals surface area (Å²) in [6.07, 6.45) is 2.31. The van der Waals surface area contributed by atoms with Gasteiger partial charge in [-0.05, 0) is 37.3 Å². The standard InChI is InChI=1S/C13H21NO/c1-3-11-4-6-12(7-5-11)8-9-13(15)10(2)14/h4-7,10,13,15H,3,8-9,14H2,1-2H3. The van der Waals surface area contributed by atoms with Crippen LogP contribution in [0.1, 0.15) is 31.4 Å². The van der Waals surface area contributed by atoms with Gasteiger partial charge in [0.15, 0.2) is 0 Å². The monoisotopic (exact) mass is 207 g/mol. The summed E-state index contributed by atoms with van der Waals surface area (Å²) in [6.45, 7) is 3.99. The molecule has 0 fully saturated rings. The number of aliphatic hydroxyl groups is 1. The van der Waals surface area contributed by atoms with E-state index in [1.165, 1.54) is 11.1 Å². The van der Waals surface area contributed by atoms with Gasteiger partial charge in [-0.25, -0.2) is 0 Å². The number of aryl methyl sites for hydroxylation is 2. The Labute approximate surface area is 92.1 Å². The molecule has 0 amide bonds. The third kappa shape index (κ3) is 4.02. The topological polar surface area (TPSA) is 46.2 Å². The van der Waals surface area contributed by atoms with Gasteiger partial charge < -0.3 is 10.8 Å². The lowest BCUT2D eigenvalue weighted by Crippen LogP contribution is -2.31. The van der Waals surface area contributed by atoms with Gasteiger partial charge in [0.2, 0.25) is 0 Å². The third-order valence-corrected chi connectivity index (χ3v) is 2.77. The van der Waals surface area contributed by atoms with Gasteiger partial charge in [0.25, 0.3) is 0 Å². The summed E-state index contributed by atoms with van der Waals surface area (Å²) in [4.78, 5) is 0. The molecule has 1 rings (SSSR count). The van der Waals surface area contributed by atoms with E-state index in [0.717, 1.165) is 19.3 Å². The highest BCUT2D eigenvalue weighted by molar-refractivity contribution is 5.22.